The van der Waals surface area contributed by atoms with Gasteiger partial charge >= 0.3 is 12.2 Å². The molecule has 0 saturated carbocycles. The van der Waals surface area contributed by atoms with E-state index in [4.69, 9.17) is 4.42 Å². The molecule has 3 aromatic heterocycles. The first-order valence-electron chi connectivity index (χ1n) is 8.43. The van der Waals surface area contributed by atoms with Gasteiger partial charge in [-0.3, -0.25) is 0 Å². The number of anilines is 1. The summed E-state index contributed by atoms with van der Waals surface area (Å²) in [5.74, 6) is 0.271. The molecule has 0 aliphatic carbocycles. The Morgan fingerprint density at radius 3 is 2.71 bits per heavy atom. The molecule has 0 aliphatic heterocycles. The first-order valence-corrected chi connectivity index (χ1v) is 8.43. The molecule has 0 fully saturated rings. The van der Waals surface area contributed by atoms with Crippen LogP contribution in [-0.2, 0) is 6.18 Å². The maximum Gasteiger partial charge on any atom is 0.433 e. The van der Waals surface area contributed by atoms with Gasteiger partial charge < -0.3 is 14.7 Å². The van der Waals surface area contributed by atoms with Crippen LogP contribution < -0.4 is 5.32 Å². The summed E-state index contributed by atoms with van der Waals surface area (Å²) in [7, 11) is 0. The number of hydrogen-bond donors (Lipinski definition) is 2. The van der Waals surface area contributed by atoms with Crippen molar-refractivity contribution in [2.45, 2.75) is 26.1 Å². The molecule has 144 valence electrons. The number of nitrogens with one attached hydrogen (secondary N) is 2. The zero-order chi connectivity index (χ0) is 19.9. The van der Waals surface area contributed by atoms with Crippen LogP contribution in [0, 0.1) is 0 Å². The third-order valence-electron chi connectivity index (χ3n) is 3.95. The monoisotopic (exact) mass is 388 g/mol. The van der Waals surface area contributed by atoms with Crippen molar-refractivity contribution >= 4 is 16.9 Å². The third-order valence-corrected chi connectivity index (χ3v) is 3.95. The van der Waals surface area contributed by atoms with Crippen molar-refractivity contribution in [3.8, 4) is 22.8 Å². The van der Waals surface area contributed by atoms with Crippen LogP contribution in [0.5, 0.6) is 0 Å². The summed E-state index contributed by atoms with van der Waals surface area (Å²) < 4.78 is 44.5. The predicted octanol–water partition coefficient (Wildman–Crippen LogP) is 4.51. The Hall–Kier alpha value is -3.43. The van der Waals surface area contributed by atoms with Crippen molar-refractivity contribution in [2.75, 3.05) is 5.32 Å². The molecule has 0 radical (unpaired) electrons. The Balaban J connectivity index is 1.76. The Kier molecular flexibility index (Phi) is 4.25. The molecule has 0 amide bonds. The van der Waals surface area contributed by atoms with Crippen LogP contribution in [0.2, 0.25) is 0 Å². The van der Waals surface area contributed by atoms with Gasteiger partial charge in [0.2, 0.25) is 5.89 Å². The van der Waals surface area contributed by atoms with Crippen molar-refractivity contribution in [1.29, 1.82) is 0 Å². The average Bonchev–Trinajstić information content (AvgIpc) is 3.27. The van der Waals surface area contributed by atoms with Gasteiger partial charge in [-0.1, -0.05) is 5.10 Å². The lowest BCUT2D eigenvalue weighted by Gasteiger charge is -2.06. The minimum Gasteiger partial charge on any atom is -0.403 e. The number of halogens is 3. The number of alkyl halides is 3. The van der Waals surface area contributed by atoms with Crippen LogP contribution in [0.3, 0.4) is 0 Å². The predicted molar refractivity (Wildman–Crippen MR) is 96.4 cm³/mol. The van der Waals surface area contributed by atoms with Crippen LogP contribution in [0.25, 0.3) is 33.7 Å². The van der Waals surface area contributed by atoms with Crippen LogP contribution in [0.1, 0.15) is 19.5 Å². The third kappa shape index (κ3) is 3.40. The Bertz CT molecular complexity index is 1130. The fourth-order valence-corrected chi connectivity index (χ4v) is 2.73. The lowest BCUT2D eigenvalue weighted by molar-refractivity contribution is -0.141. The van der Waals surface area contributed by atoms with E-state index >= 15 is 0 Å². The number of hydrogen-bond acceptors (Lipinski definition) is 6. The van der Waals surface area contributed by atoms with Gasteiger partial charge in [-0.05, 0) is 38.1 Å². The highest BCUT2D eigenvalue weighted by atomic mass is 19.4. The fourth-order valence-electron chi connectivity index (χ4n) is 2.73. The first kappa shape index (κ1) is 18.0. The quantitative estimate of drug-likeness (QED) is 0.534. The number of rotatable bonds is 4. The molecule has 3 heterocycles. The van der Waals surface area contributed by atoms with E-state index in [0.717, 1.165) is 17.8 Å². The Morgan fingerprint density at radius 1 is 1.14 bits per heavy atom. The molecule has 28 heavy (non-hydrogen) atoms. The first-order chi connectivity index (χ1) is 13.3. The minimum absolute atomic E-state index is 0.0223. The maximum atomic E-state index is 13.0. The van der Waals surface area contributed by atoms with Crippen LogP contribution in [0.15, 0.2) is 41.1 Å². The molecule has 4 aromatic rings. The highest BCUT2D eigenvalue weighted by molar-refractivity contribution is 5.96. The lowest BCUT2D eigenvalue weighted by atomic mass is 10.1. The van der Waals surface area contributed by atoms with Crippen molar-refractivity contribution in [1.82, 2.24) is 25.1 Å². The number of H-pyrrole nitrogens is 1. The number of benzene rings is 1. The van der Waals surface area contributed by atoms with Gasteiger partial charge in [-0.25, -0.2) is 9.97 Å². The van der Waals surface area contributed by atoms with Gasteiger partial charge in [0, 0.05) is 40.5 Å². The molecular formula is C18H15F3N6O. The zero-order valence-electron chi connectivity index (χ0n) is 14.9. The molecule has 4 rings (SSSR count). The van der Waals surface area contributed by atoms with Crippen LogP contribution in [0.4, 0.5) is 19.2 Å². The second-order valence-corrected chi connectivity index (χ2v) is 6.44. The molecule has 0 unspecified atom stereocenters. The van der Waals surface area contributed by atoms with Crippen molar-refractivity contribution in [2.24, 2.45) is 0 Å². The molecule has 0 atom stereocenters. The summed E-state index contributed by atoms with van der Waals surface area (Å²) in [4.78, 5) is 10.7. The number of nitrogens with zero attached hydrogens (tertiary/aromatic N) is 4. The Morgan fingerprint density at radius 2 is 1.96 bits per heavy atom. The summed E-state index contributed by atoms with van der Waals surface area (Å²) in [6.45, 7) is 3.88. The second kappa shape index (κ2) is 6.63. The van der Waals surface area contributed by atoms with E-state index < -0.39 is 11.9 Å². The average molecular weight is 388 g/mol. The van der Waals surface area contributed by atoms with E-state index in [1.54, 1.807) is 24.4 Å². The largest absolute Gasteiger partial charge is 0.433 e. The normalized spacial score (nSPS) is 12.1. The molecule has 0 saturated heterocycles. The molecule has 7 nitrogen and oxygen atoms in total. The van der Waals surface area contributed by atoms with E-state index in [0.29, 0.717) is 28.4 Å². The maximum absolute atomic E-state index is 13.0. The highest BCUT2D eigenvalue weighted by Gasteiger charge is 2.33. The van der Waals surface area contributed by atoms with Gasteiger partial charge in [-0.2, -0.15) is 13.2 Å². The van der Waals surface area contributed by atoms with E-state index in [2.05, 4.69) is 30.5 Å². The van der Waals surface area contributed by atoms with Gasteiger partial charge in [-0.15, -0.1) is 5.10 Å². The summed E-state index contributed by atoms with van der Waals surface area (Å²) >= 11 is 0. The summed E-state index contributed by atoms with van der Waals surface area (Å²) in [5, 5.41) is 11.6. The van der Waals surface area contributed by atoms with Gasteiger partial charge in [0.25, 0.3) is 0 Å². The van der Waals surface area contributed by atoms with Crippen molar-refractivity contribution in [3.63, 3.8) is 0 Å². The van der Waals surface area contributed by atoms with E-state index in [1.807, 2.05) is 13.8 Å². The van der Waals surface area contributed by atoms with Gasteiger partial charge in [0.15, 0.2) is 5.82 Å². The Labute approximate surface area is 157 Å². The molecule has 10 heteroatoms. The fraction of sp³-hybridized carbons (Fsp3) is 0.222. The standard InChI is InChI=1S/C18H15F3N6O/c1-9(2)24-17-27-26-16(28-17)10-3-4-13-11(7-10)12(8-23-13)15-22-6-5-14(25-15)18(19,20)21/h3-9,23H,1-2H3,(H,24,27). The van der Waals surface area contributed by atoms with E-state index in [-0.39, 0.29) is 11.9 Å². The molecule has 1 aromatic carbocycles. The zero-order valence-corrected chi connectivity index (χ0v) is 14.9. The molecule has 0 bridgehead atoms. The summed E-state index contributed by atoms with van der Waals surface area (Å²) in [6, 6.07) is 6.57. The molecule has 2 N–H and O–H groups in total. The van der Waals surface area contributed by atoms with Crippen LogP contribution in [-0.4, -0.2) is 31.2 Å². The summed E-state index contributed by atoms with van der Waals surface area (Å²) in [6.07, 6.45) is -1.88. The number of fused-ring (bicyclic) bond motifs is 1. The highest BCUT2D eigenvalue weighted by Crippen LogP contribution is 2.33. The minimum atomic E-state index is -4.54. The smallest absolute Gasteiger partial charge is 0.403 e. The number of aromatic amines is 1. The van der Waals surface area contributed by atoms with Gasteiger partial charge in [0.05, 0.1) is 0 Å². The van der Waals surface area contributed by atoms with E-state index in [1.165, 1.54) is 0 Å². The van der Waals surface area contributed by atoms with Gasteiger partial charge in [0.1, 0.15) is 5.69 Å². The topological polar surface area (TPSA) is 92.5 Å². The van der Waals surface area contributed by atoms with Crippen LogP contribution >= 0.6 is 0 Å². The van der Waals surface area contributed by atoms with Crippen molar-refractivity contribution < 1.29 is 17.6 Å². The van der Waals surface area contributed by atoms with Crippen molar-refractivity contribution in [3.05, 3.63) is 42.4 Å². The van der Waals surface area contributed by atoms with E-state index in [9.17, 15) is 13.2 Å². The lowest BCUT2D eigenvalue weighted by Crippen LogP contribution is -2.09. The molecular weight excluding hydrogens is 373 g/mol. The number of aromatic nitrogens is 5. The molecule has 0 spiro atoms. The summed E-state index contributed by atoms with van der Waals surface area (Å²) in [5.41, 5.74) is 0.803. The SMILES string of the molecule is CC(C)Nc1nnc(-c2ccc3[nH]cc(-c4nccc(C(F)(F)F)n4)c3c2)o1. The second-order valence-electron chi connectivity index (χ2n) is 6.44. The molecule has 0 aliphatic rings.